The monoisotopic (exact) mass is 189 g/mol. The van der Waals surface area contributed by atoms with E-state index in [4.69, 9.17) is 5.11 Å². The number of nitrogens with one attached hydrogen (secondary N) is 1. The highest BCUT2D eigenvalue weighted by Crippen LogP contribution is 1.96. The third kappa shape index (κ3) is 4.79. The van der Waals surface area contributed by atoms with Gasteiger partial charge in [0.05, 0.1) is 6.42 Å². The molecule has 5 heteroatoms. The molecule has 0 aromatic rings. The summed E-state index contributed by atoms with van der Waals surface area (Å²) in [4.78, 5) is 21.1. The number of amides is 1. The standard InChI is InChI=1S/C7H11NO3S/c1-5(4-6(9)10)7(11)8-2-3-12/h12H,1-4H2,(H,8,11)(H,9,10). The van der Waals surface area contributed by atoms with Gasteiger partial charge in [-0.25, -0.2) is 0 Å². The summed E-state index contributed by atoms with van der Waals surface area (Å²) in [6.45, 7) is 3.75. The molecule has 0 atom stereocenters. The van der Waals surface area contributed by atoms with E-state index in [2.05, 4.69) is 24.5 Å². The lowest BCUT2D eigenvalue weighted by atomic mass is 10.2. The van der Waals surface area contributed by atoms with Crippen molar-refractivity contribution in [2.24, 2.45) is 0 Å². The molecule has 12 heavy (non-hydrogen) atoms. The number of carboxylic acid groups (broad SMARTS) is 1. The smallest absolute Gasteiger partial charge is 0.308 e. The minimum atomic E-state index is -1.05. The van der Waals surface area contributed by atoms with Crippen molar-refractivity contribution in [2.45, 2.75) is 6.42 Å². The highest BCUT2D eigenvalue weighted by Gasteiger charge is 2.09. The van der Waals surface area contributed by atoms with Gasteiger partial charge in [0, 0.05) is 17.9 Å². The second kappa shape index (κ2) is 5.65. The lowest BCUT2D eigenvalue weighted by Gasteiger charge is -2.02. The molecule has 0 saturated heterocycles. The minimum Gasteiger partial charge on any atom is -0.481 e. The predicted octanol–water partition coefficient (Wildman–Crippen LogP) is 0.0633. The SMILES string of the molecule is C=C(CC(=O)O)C(=O)NCCS. The molecule has 0 aromatic heterocycles. The van der Waals surface area contributed by atoms with Crippen molar-refractivity contribution in [3.8, 4) is 0 Å². The molecular formula is C7H11NO3S. The van der Waals surface area contributed by atoms with E-state index in [1.807, 2.05) is 0 Å². The van der Waals surface area contributed by atoms with Crippen LogP contribution < -0.4 is 5.32 Å². The Bertz CT molecular complexity index is 203. The Morgan fingerprint density at radius 1 is 1.50 bits per heavy atom. The van der Waals surface area contributed by atoms with Crippen molar-refractivity contribution in [3.05, 3.63) is 12.2 Å². The van der Waals surface area contributed by atoms with Gasteiger partial charge in [-0.2, -0.15) is 12.6 Å². The molecule has 68 valence electrons. The molecule has 0 unspecified atom stereocenters. The molecule has 0 aliphatic rings. The Balaban J connectivity index is 3.77. The van der Waals surface area contributed by atoms with E-state index in [1.54, 1.807) is 0 Å². The highest BCUT2D eigenvalue weighted by molar-refractivity contribution is 7.80. The number of thiol groups is 1. The fourth-order valence-corrected chi connectivity index (χ4v) is 0.669. The number of carbonyl (C=O) groups excluding carboxylic acids is 1. The van der Waals surface area contributed by atoms with Gasteiger partial charge in [-0.05, 0) is 0 Å². The number of carbonyl (C=O) groups is 2. The molecule has 0 radical (unpaired) electrons. The third-order valence-corrected chi connectivity index (χ3v) is 1.31. The maximum Gasteiger partial charge on any atom is 0.308 e. The molecule has 0 bridgehead atoms. The zero-order valence-corrected chi connectivity index (χ0v) is 7.43. The first-order valence-corrected chi connectivity index (χ1v) is 3.99. The average Bonchev–Trinajstić information content (AvgIpc) is 1.98. The zero-order chi connectivity index (χ0) is 9.56. The van der Waals surface area contributed by atoms with Crippen LogP contribution in [0, 0.1) is 0 Å². The maximum atomic E-state index is 10.9. The normalized spacial score (nSPS) is 9.08. The summed E-state index contributed by atoms with van der Waals surface area (Å²) in [6, 6.07) is 0. The molecule has 2 N–H and O–H groups in total. The molecule has 0 rings (SSSR count). The molecule has 0 aromatic carbocycles. The lowest BCUT2D eigenvalue weighted by molar-refractivity contribution is -0.137. The second-order valence-electron chi connectivity index (χ2n) is 2.15. The van der Waals surface area contributed by atoms with Crippen LogP contribution in [0.5, 0.6) is 0 Å². The van der Waals surface area contributed by atoms with Crippen molar-refractivity contribution in [2.75, 3.05) is 12.3 Å². The Kier molecular flexibility index (Phi) is 5.19. The van der Waals surface area contributed by atoms with E-state index in [0.717, 1.165) is 0 Å². The Labute approximate surface area is 76.1 Å². The predicted molar refractivity (Wildman–Crippen MR) is 48.3 cm³/mol. The van der Waals surface area contributed by atoms with Gasteiger partial charge in [-0.15, -0.1) is 0 Å². The summed E-state index contributed by atoms with van der Waals surface area (Å²) < 4.78 is 0. The summed E-state index contributed by atoms with van der Waals surface area (Å²) in [7, 11) is 0. The van der Waals surface area contributed by atoms with Gasteiger partial charge in [0.25, 0.3) is 0 Å². The third-order valence-electron chi connectivity index (χ3n) is 1.08. The molecule has 0 spiro atoms. The number of hydrogen-bond acceptors (Lipinski definition) is 3. The van der Waals surface area contributed by atoms with Crippen LogP contribution in [-0.2, 0) is 9.59 Å². The summed E-state index contributed by atoms with van der Waals surface area (Å²) in [5.74, 6) is -0.959. The summed E-state index contributed by atoms with van der Waals surface area (Å²) in [6.07, 6.45) is -0.321. The van der Waals surface area contributed by atoms with Gasteiger partial charge >= 0.3 is 5.97 Å². The number of hydrogen-bond donors (Lipinski definition) is 3. The van der Waals surface area contributed by atoms with Crippen LogP contribution in [-0.4, -0.2) is 29.3 Å². The van der Waals surface area contributed by atoms with Crippen LogP contribution in [0.15, 0.2) is 12.2 Å². The van der Waals surface area contributed by atoms with Crippen LogP contribution in [0.4, 0.5) is 0 Å². The fourth-order valence-electron chi connectivity index (χ4n) is 0.557. The summed E-state index contributed by atoms with van der Waals surface area (Å²) >= 11 is 3.87. The molecule has 1 amide bonds. The number of rotatable bonds is 5. The molecule has 0 saturated carbocycles. The number of aliphatic carboxylic acids is 1. The number of carboxylic acids is 1. The maximum absolute atomic E-state index is 10.9. The van der Waals surface area contributed by atoms with Crippen molar-refractivity contribution in [1.29, 1.82) is 0 Å². The van der Waals surface area contributed by atoms with E-state index in [0.29, 0.717) is 12.3 Å². The van der Waals surface area contributed by atoms with Crippen LogP contribution in [0.3, 0.4) is 0 Å². The fraction of sp³-hybridized carbons (Fsp3) is 0.429. The second-order valence-corrected chi connectivity index (χ2v) is 2.60. The van der Waals surface area contributed by atoms with Gasteiger partial charge in [-0.3, -0.25) is 9.59 Å². The van der Waals surface area contributed by atoms with E-state index in [9.17, 15) is 9.59 Å². The molecule has 0 fully saturated rings. The van der Waals surface area contributed by atoms with Gasteiger partial charge in [0.15, 0.2) is 0 Å². The first-order valence-electron chi connectivity index (χ1n) is 3.36. The largest absolute Gasteiger partial charge is 0.481 e. The quantitative estimate of drug-likeness (QED) is 0.423. The van der Waals surface area contributed by atoms with Crippen molar-refractivity contribution in [1.82, 2.24) is 5.32 Å². The molecular weight excluding hydrogens is 178 g/mol. The Morgan fingerprint density at radius 3 is 2.50 bits per heavy atom. The van der Waals surface area contributed by atoms with E-state index in [-0.39, 0.29) is 12.0 Å². The van der Waals surface area contributed by atoms with Gasteiger partial charge < -0.3 is 10.4 Å². The van der Waals surface area contributed by atoms with Gasteiger partial charge in [0.2, 0.25) is 5.91 Å². The molecule has 4 nitrogen and oxygen atoms in total. The van der Waals surface area contributed by atoms with E-state index < -0.39 is 11.9 Å². The summed E-state index contributed by atoms with van der Waals surface area (Å²) in [5, 5.41) is 10.8. The van der Waals surface area contributed by atoms with Crippen molar-refractivity contribution >= 4 is 24.5 Å². The lowest BCUT2D eigenvalue weighted by Crippen LogP contribution is -2.27. The average molecular weight is 189 g/mol. The molecule has 0 aliphatic carbocycles. The topological polar surface area (TPSA) is 66.4 Å². The minimum absolute atomic E-state index is 0.0595. The first kappa shape index (κ1) is 11.0. The first-order chi connectivity index (χ1) is 5.57. The van der Waals surface area contributed by atoms with Crippen LogP contribution in [0.1, 0.15) is 6.42 Å². The van der Waals surface area contributed by atoms with Gasteiger partial charge in [0.1, 0.15) is 0 Å². The highest BCUT2D eigenvalue weighted by atomic mass is 32.1. The van der Waals surface area contributed by atoms with Crippen molar-refractivity contribution < 1.29 is 14.7 Å². The summed E-state index contributed by atoms with van der Waals surface area (Å²) in [5.41, 5.74) is 0.0595. The van der Waals surface area contributed by atoms with Crippen LogP contribution in [0.25, 0.3) is 0 Å². The molecule has 0 heterocycles. The zero-order valence-electron chi connectivity index (χ0n) is 6.54. The Hall–Kier alpha value is -0.970. The molecule has 0 aliphatic heterocycles. The Morgan fingerprint density at radius 2 is 2.08 bits per heavy atom. The van der Waals surface area contributed by atoms with E-state index >= 15 is 0 Å². The van der Waals surface area contributed by atoms with Crippen LogP contribution in [0.2, 0.25) is 0 Å². The van der Waals surface area contributed by atoms with Crippen molar-refractivity contribution in [3.63, 3.8) is 0 Å². The van der Waals surface area contributed by atoms with E-state index in [1.165, 1.54) is 0 Å². The van der Waals surface area contributed by atoms with Gasteiger partial charge in [-0.1, -0.05) is 6.58 Å². The van der Waals surface area contributed by atoms with Crippen LogP contribution >= 0.6 is 12.6 Å².